The number of carbonyl (C=O) groups excluding carboxylic acids is 2. The fourth-order valence-corrected chi connectivity index (χ4v) is 4.58. The molecule has 2 atom stereocenters. The van der Waals surface area contributed by atoms with Crippen LogP contribution < -0.4 is 5.32 Å². The monoisotopic (exact) mass is 400 g/mol. The molecule has 1 amide bonds. The number of cyclic esters (lactones) is 1. The van der Waals surface area contributed by atoms with E-state index in [1.54, 1.807) is 0 Å². The lowest BCUT2D eigenvalue weighted by atomic mass is 9.75. The van der Waals surface area contributed by atoms with Crippen LogP contribution in [0.1, 0.15) is 18.4 Å². The Labute approximate surface area is 171 Å². The van der Waals surface area contributed by atoms with Crippen molar-refractivity contribution >= 4 is 17.7 Å². The summed E-state index contributed by atoms with van der Waals surface area (Å²) in [5, 5.41) is 2.75. The molecule has 0 spiro atoms. The summed E-state index contributed by atoms with van der Waals surface area (Å²) in [6.07, 6.45) is 1.74. The molecular formula is C22H28N2O5. The van der Waals surface area contributed by atoms with Gasteiger partial charge >= 0.3 is 12.1 Å². The van der Waals surface area contributed by atoms with Gasteiger partial charge in [-0.2, -0.15) is 0 Å². The van der Waals surface area contributed by atoms with Gasteiger partial charge in [0.05, 0.1) is 25.2 Å². The Hall–Kier alpha value is -2.38. The molecule has 1 saturated carbocycles. The van der Waals surface area contributed by atoms with Gasteiger partial charge in [0, 0.05) is 31.2 Å². The van der Waals surface area contributed by atoms with Gasteiger partial charge in [-0.05, 0) is 37.0 Å². The van der Waals surface area contributed by atoms with Gasteiger partial charge in [0.15, 0.2) is 0 Å². The van der Waals surface area contributed by atoms with E-state index in [0.717, 1.165) is 43.9 Å². The van der Waals surface area contributed by atoms with Crippen molar-refractivity contribution in [2.75, 3.05) is 51.4 Å². The minimum atomic E-state index is -0.468. The number of nitrogens with zero attached hydrogens (tertiary/aromatic N) is 1. The number of allylic oxidation sites excluding steroid dienone is 1. The van der Waals surface area contributed by atoms with Crippen LogP contribution in [0.4, 0.5) is 10.5 Å². The largest absolute Gasteiger partial charge is 0.465 e. The van der Waals surface area contributed by atoms with Crippen molar-refractivity contribution in [3.8, 4) is 0 Å². The van der Waals surface area contributed by atoms with E-state index in [1.165, 1.54) is 0 Å². The van der Waals surface area contributed by atoms with Gasteiger partial charge in [-0.25, -0.2) is 4.79 Å². The zero-order valence-electron chi connectivity index (χ0n) is 16.7. The van der Waals surface area contributed by atoms with Gasteiger partial charge in [-0.15, -0.1) is 0 Å². The Balaban J connectivity index is 1.27. The third-order valence-corrected chi connectivity index (χ3v) is 6.17. The third-order valence-electron chi connectivity index (χ3n) is 6.17. The second-order valence-electron chi connectivity index (χ2n) is 8.17. The average molecular weight is 400 g/mol. The summed E-state index contributed by atoms with van der Waals surface area (Å²) in [6.45, 7) is 8.83. The van der Waals surface area contributed by atoms with Gasteiger partial charge < -0.3 is 14.2 Å². The van der Waals surface area contributed by atoms with Crippen molar-refractivity contribution in [3.63, 3.8) is 0 Å². The number of rotatable bonds is 6. The SMILES string of the molecule is C=C1CC2COC(=O)C2(Cc2ccc(NC(=O)OCCN3CCOCC3)cc2)C1. The first-order valence-electron chi connectivity index (χ1n) is 10.2. The number of morpholine rings is 1. The van der Waals surface area contributed by atoms with E-state index in [0.29, 0.717) is 38.3 Å². The maximum atomic E-state index is 12.4. The van der Waals surface area contributed by atoms with Crippen LogP contribution in [0.2, 0.25) is 0 Å². The molecule has 1 aliphatic carbocycles. The number of nitrogens with one attached hydrogen (secondary N) is 1. The molecule has 1 N–H and O–H groups in total. The van der Waals surface area contributed by atoms with Crippen LogP contribution in [-0.4, -0.2) is 63.0 Å². The van der Waals surface area contributed by atoms with Gasteiger partial charge in [-0.1, -0.05) is 24.3 Å². The number of hydrogen-bond donors (Lipinski definition) is 1. The molecular weight excluding hydrogens is 372 g/mol. The van der Waals surface area contributed by atoms with Crippen molar-refractivity contribution in [1.82, 2.24) is 4.90 Å². The van der Waals surface area contributed by atoms with E-state index >= 15 is 0 Å². The van der Waals surface area contributed by atoms with Gasteiger partial charge in [-0.3, -0.25) is 15.0 Å². The maximum Gasteiger partial charge on any atom is 0.411 e. The number of anilines is 1. The minimum Gasteiger partial charge on any atom is -0.465 e. The Morgan fingerprint density at radius 2 is 2.03 bits per heavy atom. The first-order valence-corrected chi connectivity index (χ1v) is 10.2. The van der Waals surface area contributed by atoms with Crippen molar-refractivity contribution < 1.29 is 23.8 Å². The standard InChI is InChI=1S/C22H28N2O5/c1-16-12-18-15-29-20(25)22(18,13-16)14-17-2-4-19(5-3-17)23-21(26)28-11-8-24-6-9-27-10-7-24/h2-5,18H,1,6-15H2,(H,23,26). The van der Waals surface area contributed by atoms with Crippen LogP contribution in [0.25, 0.3) is 0 Å². The predicted molar refractivity (Wildman–Crippen MR) is 108 cm³/mol. The molecule has 1 aromatic rings. The molecule has 7 nitrogen and oxygen atoms in total. The Kier molecular flexibility index (Phi) is 5.87. The van der Waals surface area contributed by atoms with Crippen molar-refractivity contribution in [2.45, 2.75) is 19.3 Å². The number of ether oxygens (including phenoxy) is 3. The lowest BCUT2D eigenvalue weighted by molar-refractivity contribution is -0.146. The molecule has 0 bridgehead atoms. The summed E-state index contributed by atoms with van der Waals surface area (Å²) in [5.41, 5.74) is 2.38. The number of hydrogen-bond acceptors (Lipinski definition) is 6. The van der Waals surface area contributed by atoms with E-state index in [9.17, 15) is 9.59 Å². The van der Waals surface area contributed by atoms with Crippen LogP contribution in [0.15, 0.2) is 36.4 Å². The summed E-state index contributed by atoms with van der Waals surface area (Å²) in [5.74, 6) is 0.119. The fourth-order valence-electron chi connectivity index (χ4n) is 4.58. The molecule has 2 unspecified atom stereocenters. The Morgan fingerprint density at radius 3 is 2.79 bits per heavy atom. The second kappa shape index (κ2) is 8.55. The zero-order valence-corrected chi connectivity index (χ0v) is 16.7. The first-order chi connectivity index (χ1) is 14.0. The predicted octanol–water partition coefficient (Wildman–Crippen LogP) is 2.62. The van der Waals surface area contributed by atoms with Crippen molar-refractivity contribution in [1.29, 1.82) is 0 Å². The van der Waals surface area contributed by atoms with Crippen LogP contribution >= 0.6 is 0 Å². The van der Waals surface area contributed by atoms with Gasteiger partial charge in [0.1, 0.15) is 6.61 Å². The fraction of sp³-hybridized carbons (Fsp3) is 0.545. The van der Waals surface area contributed by atoms with Crippen molar-refractivity contribution in [3.05, 3.63) is 42.0 Å². The maximum absolute atomic E-state index is 12.4. The second-order valence-corrected chi connectivity index (χ2v) is 8.17. The topological polar surface area (TPSA) is 77.1 Å². The highest BCUT2D eigenvalue weighted by atomic mass is 16.6. The zero-order chi connectivity index (χ0) is 20.3. The van der Waals surface area contributed by atoms with Crippen LogP contribution in [-0.2, 0) is 25.4 Å². The first kappa shape index (κ1) is 19.9. The summed E-state index contributed by atoms with van der Waals surface area (Å²) >= 11 is 0. The number of benzene rings is 1. The number of esters is 1. The Bertz CT molecular complexity index is 772. The van der Waals surface area contributed by atoms with Crippen LogP contribution in [0.5, 0.6) is 0 Å². The summed E-state index contributed by atoms with van der Waals surface area (Å²) in [6, 6.07) is 7.58. The molecule has 2 saturated heterocycles. The molecule has 3 fully saturated rings. The molecule has 156 valence electrons. The molecule has 2 heterocycles. The highest BCUT2D eigenvalue weighted by Gasteiger charge is 2.55. The molecule has 4 rings (SSSR count). The molecule has 7 heteroatoms. The highest BCUT2D eigenvalue weighted by Crippen LogP contribution is 2.52. The molecule has 0 radical (unpaired) electrons. The minimum absolute atomic E-state index is 0.104. The van der Waals surface area contributed by atoms with Gasteiger partial charge in [0.2, 0.25) is 0 Å². The van der Waals surface area contributed by atoms with Crippen molar-refractivity contribution in [2.24, 2.45) is 11.3 Å². The van der Waals surface area contributed by atoms with Crippen LogP contribution in [0, 0.1) is 11.3 Å². The molecule has 29 heavy (non-hydrogen) atoms. The van der Waals surface area contributed by atoms with E-state index in [1.807, 2.05) is 24.3 Å². The van der Waals surface area contributed by atoms with Crippen LogP contribution in [0.3, 0.4) is 0 Å². The Morgan fingerprint density at radius 1 is 1.28 bits per heavy atom. The lowest BCUT2D eigenvalue weighted by Gasteiger charge is -2.26. The number of carbonyl (C=O) groups is 2. The normalized spacial score (nSPS) is 26.8. The molecule has 1 aromatic carbocycles. The summed E-state index contributed by atoms with van der Waals surface area (Å²) in [7, 11) is 0. The smallest absolute Gasteiger partial charge is 0.411 e. The average Bonchev–Trinajstić information content (AvgIpc) is 3.18. The van der Waals surface area contributed by atoms with E-state index < -0.39 is 11.5 Å². The quantitative estimate of drug-likeness (QED) is 0.584. The highest BCUT2D eigenvalue weighted by molar-refractivity contribution is 5.84. The number of fused-ring (bicyclic) bond motifs is 1. The van der Waals surface area contributed by atoms with Gasteiger partial charge in [0.25, 0.3) is 0 Å². The lowest BCUT2D eigenvalue weighted by Crippen LogP contribution is -2.38. The summed E-state index contributed by atoms with van der Waals surface area (Å²) < 4.78 is 15.9. The third kappa shape index (κ3) is 4.46. The molecule has 0 aromatic heterocycles. The van der Waals surface area contributed by atoms with E-state index in [2.05, 4.69) is 16.8 Å². The number of amides is 1. The molecule has 3 aliphatic rings. The molecule has 2 aliphatic heterocycles. The van der Waals surface area contributed by atoms with E-state index in [4.69, 9.17) is 14.2 Å². The van der Waals surface area contributed by atoms with E-state index in [-0.39, 0.29) is 11.9 Å². The summed E-state index contributed by atoms with van der Waals surface area (Å²) in [4.78, 5) is 26.6.